The predicted molar refractivity (Wildman–Crippen MR) is 263 cm³/mol. The quantitative estimate of drug-likeness (QED) is 0.0453. The van der Waals surface area contributed by atoms with E-state index in [9.17, 15) is 4.57 Å². The number of phosphoric ester groups is 1. The molecular weight excluding hydrogens is 744 g/mol. The minimum absolute atomic E-state index is 0.210. The van der Waals surface area contributed by atoms with Crippen LogP contribution in [0.25, 0.3) is 0 Å². The van der Waals surface area contributed by atoms with Crippen molar-refractivity contribution in [3.8, 4) is 0 Å². The highest BCUT2D eigenvalue weighted by Crippen LogP contribution is 2.52. The lowest BCUT2D eigenvalue weighted by Gasteiger charge is -2.30. The zero-order valence-corrected chi connectivity index (χ0v) is 42.7. The van der Waals surface area contributed by atoms with E-state index in [1.54, 1.807) is 0 Å². The molecule has 0 N–H and O–H groups in total. The van der Waals surface area contributed by atoms with Crippen molar-refractivity contribution in [1.82, 2.24) is 0 Å². The van der Waals surface area contributed by atoms with Gasteiger partial charge in [0, 0.05) is 0 Å². The monoisotopic (exact) mass is 849 g/mol. The molecule has 5 heteroatoms. The molecule has 4 nitrogen and oxygen atoms in total. The lowest BCUT2D eigenvalue weighted by Crippen LogP contribution is -2.22. The molecule has 0 heterocycles. The van der Waals surface area contributed by atoms with E-state index in [2.05, 4.69) is 103 Å². The van der Waals surface area contributed by atoms with Crippen molar-refractivity contribution in [3.63, 3.8) is 0 Å². The van der Waals surface area contributed by atoms with Crippen molar-refractivity contribution >= 4 is 7.82 Å². The second-order valence-corrected chi connectivity index (χ2v) is 22.2. The van der Waals surface area contributed by atoms with Crippen LogP contribution in [0.2, 0.25) is 0 Å². The number of allylic oxidation sites excluding steroid dienone is 3. The molecule has 0 fully saturated rings. The Labute approximate surface area is 371 Å². The summed E-state index contributed by atoms with van der Waals surface area (Å²) >= 11 is 0. The average molecular weight is 849 g/mol. The molecule has 12 atom stereocenters. The lowest BCUT2D eigenvalue weighted by atomic mass is 9.84. The van der Waals surface area contributed by atoms with E-state index < -0.39 is 7.82 Å². The zero-order chi connectivity index (χ0) is 44.6. The number of phosphoric acid groups is 1. The standard InChI is InChI=1S/C54H105O4P/c1-16-25-52(37-34-46(10)31-22-28-43(7)19-4)49(13)40-56-59(55,57-41-50(14)53(26-17-2)38-35-47(11)32-23-29-44(8)20-5)58-42-51(15)54(27-18-3)39-36-48(12)33-24-30-45(9)21-6/h16-18,43-54H,1-3,19-42H2,4-15H3. The van der Waals surface area contributed by atoms with E-state index in [0.29, 0.717) is 55.3 Å². The first kappa shape index (κ1) is 58.3. The maximum absolute atomic E-state index is 14.7. The van der Waals surface area contributed by atoms with Crippen LogP contribution < -0.4 is 0 Å². The molecule has 0 aromatic rings. The Morgan fingerprint density at radius 1 is 0.390 bits per heavy atom. The van der Waals surface area contributed by atoms with Crippen LogP contribution >= 0.6 is 7.82 Å². The Bertz CT molecular complexity index is 931. The van der Waals surface area contributed by atoms with E-state index in [-0.39, 0.29) is 17.8 Å². The summed E-state index contributed by atoms with van der Waals surface area (Å²) in [4.78, 5) is 0. The minimum atomic E-state index is -3.83. The molecule has 0 aliphatic rings. The SMILES string of the molecule is C=CCC(CCC(C)CCCC(C)CC)C(C)COP(=O)(OCC(C)C(CC=C)CCC(C)CCCC(C)CC)OCC(C)C(CC=C)CCC(C)CCCC(C)CC. The molecule has 59 heavy (non-hydrogen) atoms. The number of hydrogen-bond donors (Lipinski definition) is 0. The van der Waals surface area contributed by atoms with Gasteiger partial charge in [-0.2, -0.15) is 0 Å². The van der Waals surface area contributed by atoms with Gasteiger partial charge in [0.05, 0.1) is 19.8 Å². The van der Waals surface area contributed by atoms with Gasteiger partial charge in [-0.1, -0.05) is 198 Å². The molecule has 0 radical (unpaired) electrons. The maximum Gasteiger partial charge on any atom is 0.474 e. The molecule has 0 aromatic heterocycles. The fourth-order valence-corrected chi connectivity index (χ4v) is 10.2. The molecule has 0 spiro atoms. The summed E-state index contributed by atoms with van der Waals surface area (Å²) < 4.78 is 33.9. The van der Waals surface area contributed by atoms with Crippen LogP contribution in [0.1, 0.15) is 218 Å². The largest absolute Gasteiger partial charge is 0.474 e. The Morgan fingerprint density at radius 3 is 0.847 bits per heavy atom. The minimum Gasteiger partial charge on any atom is -0.287 e. The average Bonchev–Trinajstić information content (AvgIpc) is 3.22. The molecule has 0 amide bonds. The van der Waals surface area contributed by atoms with E-state index in [0.717, 1.165) is 56.3 Å². The fraction of sp³-hybridized carbons (Fsp3) is 0.889. The summed E-state index contributed by atoms with van der Waals surface area (Å²) in [7, 11) is -3.83. The van der Waals surface area contributed by atoms with E-state index in [1.165, 1.54) is 96.3 Å². The normalized spacial score (nSPS) is 19.3. The first-order valence-electron chi connectivity index (χ1n) is 25.4. The van der Waals surface area contributed by atoms with Crippen LogP contribution in [0.4, 0.5) is 0 Å². The molecule has 0 aromatic carbocycles. The summed E-state index contributed by atoms with van der Waals surface area (Å²) in [6.45, 7) is 41.3. The van der Waals surface area contributed by atoms with Crippen molar-refractivity contribution in [2.75, 3.05) is 19.8 Å². The summed E-state index contributed by atoms with van der Waals surface area (Å²) in [6.07, 6.45) is 31.5. The molecule has 12 unspecified atom stereocenters. The van der Waals surface area contributed by atoms with Crippen LogP contribution in [-0.4, -0.2) is 19.8 Å². The second-order valence-electron chi connectivity index (χ2n) is 20.5. The van der Waals surface area contributed by atoms with Crippen molar-refractivity contribution < 1.29 is 18.1 Å². The summed E-state index contributed by atoms with van der Waals surface area (Å²) in [5.41, 5.74) is 0. The molecule has 0 bridgehead atoms. The fourth-order valence-electron chi connectivity index (χ4n) is 8.68. The Hall–Kier alpha value is -0.670. The molecule has 0 aliphatic carbocycles. The van der Waals surface area contributed by atoms with Crippen LogP contribution in [0.5, 0.6) is 0 Å². The highest BCUT2D eigenvalue weighted by atomic mass is 31.2. The van der Waals surface area contributed by atoms with Gasteiger partial charge in [0.2, 0.25) is 0 Å². The lowest BCUT2D eigenvalue weighted by molar-refractivity contribution is 0.0609. The van der Waals surface area contributed by atoms with Gasteiger partial charge in [-0.3, -0.25) is 13.6 Å². The second kappa shape index (κ2) is 35.8. The first-order valence-corrected chi connectivity index (χ1v) is 26.9. The van der Waals surface area contributed by atoms with E-state index in [1.807, 2.05) is 18.2 Å². The third-order valence-electron chi connectivity index (χ3n) is 14.7. The van der Waals surface area contributed by atoms with Crippen molar-refractivity contribution in [2.45, 2.75) is 218 Å². The van der Waals surface area contributed by atoms with Gasteiger partial charge >= 0.3 is 7.82 Å². The number of hydrogen-bond acceptors (Lipinski definition) is 4. The summed E-state index contributed by atoms with van der Waals surface area (Å²) in [6, 6.07) is 0. The maximum atomic E-state index is 14.7. The predicted octanol–water partition coefficient (Wildman–Crippen LogP) is 18.5. The topological polar surface area (TPSA) is 44.8 Å². The molecule has 0 aliphatic heterocycles. The highest BCUT2D eigenvalue weighted by molar-refractivity contribution is 7.48. The van der Waals surface area contributed by atoms with Crippen LogP contribution in [0, 0.1) is 71.0 Å². The van der Waals surface area contributed by atoms with Gasteiger partial charge in [-0.05, 0) is 110 Å². The molecule has 0 saturated carbocycles. The Kier molecular flexibility index (Phi) is 35.3. The Balaban J connectivity index is 5.81. The van der Waals surface area contributed by atoms with Gasteiger partial charge in [0.15, 0.2) is 0 Å². The summed E-state index contributed by atoms with van der Waals surface area (Å²) in [5, 5.41) is 0. The molecule has 350 valence electrons. The molecule has 0 saturated heterocycles. The van der Waals surface area contributed by atoms with Gasteiger partial charge in [-0.15, -0.1) is 19.7 Å². The molecular formula is C54H105O4P. The third-order valence-corrected chi connectivity index (χ3v) is 16.1. The highest BCUT2D eigenvalue weighted by Gasteiger charge is 2.33. The van der Waals surface area contributed by atoms with Crippen LogP contribution in [-0.2, 0) is 18.1 Å². The van der Waals surface area contributed by atoms with Crippen molar-refractivity contribution in [1.29, 1.82) is 0 Å². The van der Waals surface area contributed by atoms with Gasteiger partial charge in [0.25, 0.3) is 0 Å². The van der Waals surface area contributed by atoms with Crippen LogP contribution in [0.15, 0.2) is 38.0 Å². The zero-order valence-electron chi connectivity index (χ0n) is 41.8. The Morgan fingerprint density at radius 2 is 0.627 bits per heavy atom. The van der Waals surface area contributed by atoms with Gasteiger partial charge in [0.1, 0.15) is 0 Å². The van der Waals surface area contributed by atoms with Gasteiger partial charge in [-0.25, -0.2) is 4.57 Å². The van der Waals surface area contributed by atoms with E-state index in [4.69, 9.17) is 13.6 Å². The number of rotatable bonds is 42. The molecule has 0 rings (SSSR count). The van der Waals surface area contributed by atoms with Crippen LogP contribution in [0.3, 0.4) is 0 Å². The van der Waals surface area contributed by atoms with Gasteiger partial charge < -0.3 is 0 Å². The van der Waals surface area contributed by atoms with Crippen molar-refractivity contribution in [3.05, 3.63) is 38.0 Å². The van der Waals surface area contributed by atoms with Crippen molar-refractivity contribution in [2.24, 2.45) is 71.0 Å². The van der Waals surface area contributed by atoms with E-state index >= 15 is 0 Å². The third kappa shape index (κ3) is 29.3. The smallest absolute Gasteiger partial charge is 0.287 e. The summed E-state index contributed by atoms with van der Waals surface area (Å²) in [5.74, 6) is 6.44. The first-order chi connectivity index (χ1) is 28.1.